The Kier molecular flexibility index (Phi) is 2.37. The lowest BCUT2D eigenvalue weighted by atomic mass is 10.1. The number of halogens is 1. The quantitative estimate of drug-likeness (QED) is 0.838. The van der Waals surface area contributed by atoms with Crippen molar-refractivity contribution in [2.24, 2.45) is 0 Å². The molecule has 0 saturated heterocycles. The number of nitrogens with zero attached hydrogens (tertiary/aromatic N) is 2. The van der Waals surface area contributed by atoms with Gasteiger partial charge in [0.1, 0.15) is 0 Å². The van der Waals surface area contributed by atoms with E-state index in [9.17, 15) is 4.79 Å². The van der Waals surface area contributed by atoms with Gasteiger partial charge in [-0.05, 0) is 17.7 Å². The van der Waals surface area contributed by atoms with Gasteiger partial charge in [0, 0.05) is 24.0 Å². The minimum absolute atomic E-state index is 0.0264. The lowest BCUT2D eigenvalue weighted by molar-refractivity contribution is 0.0894. The molecule has 1 atom stereocenters. The first-order valence-corrected chi connectivity index (χ1v) is 5.69. The minimum atomic E-state index is -0.138. The van der Waals surface area contributed by atoms with E-state index in [-0.39, 0.29) is 11.9 Å². The van der Waals surface area contributed by atoms with E-state index in [1.807, 2.05) is 35.0 Å². The van der Waals surface area contributed by atoms with Gasteiger partial charge >= 0.3 is 0 Å². The Hall–Kier alpha value is -1.81. The molecular weight excluding hydrogens is 238 g/mol. The minimum Gasteiger partial charge on any atom is -0.341 e. The number of carbonyl (C=O) groups excluding carboxylic acids is 1. The Morgan fingerprint density at radius 1 is 1.35 bits per heavy atom. The van der Waals surface area contributed by atoms with Gasteiger partial charge in [0.2, 0.25) is 0 Å². The smallest absolute Gasteiger partial charge is 0.287 e. The number of rotatable bonds is 1. The van der Waals surface area contributed by atoms with Crippen molar-refractivity contribution in [1.29, 1.82) is 0 Å². The largest absolute Gasteiger partial charge is 0.341 e. The predicted octanol–water partition coefficient (Wildman–Crippen LogP) is 2.02. The molecule has 2 aromatic rings. The fraction of sp³-hybridized carbons (Fsp3) is 0.167. The predicted molar refractivity (Wildman–Crippen MR) is 63.9 cm³/mol. The van der Waals surface area contributed by atoms with Gasteiger partial charge in [0.25, 0.3) is 5.91 Å². The standard InChI is InChI=1S/C12H10ClN3O/c13-9-3-1-8(2-4-9)10-7-16-6-5-14-11(16)12(17)15-10/h1-6,10H,7H2,(H,15,17). The Bertz CT molecular complexity index is 561. The summed E-state index contributed by atoms with van der Waals surface area (Å²) in [6, 6.07) is 7.48. The van der Waals surface area contributed by atoms with Crippen molar-refractivity contribution < 1.29 is 4.79 Å². The summed E-state index contributed by atoms with van der Waals surface area (Å²) in [5, 5.41) is 3.62. The molecule has 17 heavy (non-hydrogen) atoms. The number of carbonyl (C=O) groups is 1. The van der Waals surface area contributed by atoms with Crippen molar-refractivity contribution in [2.75, 3.05) is 0 Å². The van der Waals surface area contributed by atoms with Crippen LogP contribution in [-0.2, 0) is 6.54 Å². The fourth-order valence-electron chi connectivity index (χ4n) is 2.01. The van der Waals surface area contributed by atoms with Crippen molar-refractivity contribution in [3.8, 4) is 0 Å². The molecule has 4 nitrogen and oxygen atoms in total. The van der Waals surface area contributed by atoms with Gasteiger partial charge in [-0.15, -0.1) is 0 Å². The average molecular weight is 248 g/mol. The molecule has 0 spiro atoms. The van der Waals surface area contributed by atoms with E-state index in [0.29, 0.717) is 17.4 Å². The van der Waals surface area contributed by atoms with E-state index in [2.05, 4.69) is 10.3 Å². The number of benzene rings is 1. The molecule has 1 aliphatic heterocycles. The van der Waals surface area contributed by atoms with Crippen molar-refractivity contribution in [3.63, 3.8) is 0 Å². The molecule has 0 fully saturated rings. The molecule has 1 aliphatic rings. The molecule has 2 heterocycles. The molecule has 3 rings (SSSR count). The summed E-state index contributed by atoms with van der Waals surface area (Å²) >= 11 is 5.84. The number of imidazole rings is 1. The summed E-state index contributed by atoms with van der Waals surface area (Å²) in [4.78, 5) is 15.8. The van der Waals surface area contributed by atoms with E-state index in [4.69, 9.17) is 11.6 Å². The van der Waals surface area contributed by atoms with Crippen molar-refractivity contribution in [3.05, 3.63) is 53.1 Å². The Balaban J connectivity index is 1.93. The first-order valence-electron chi connectivity index (χ1n) is 5.31. The SMILES string of the molecule is O=C1NC(c2ccc(Cl)cc2)Cn2ccnc21. The van der Waals surface area contributed by atoms with Crippen LogP contribution in [0, 0.1) is 0 Å². The third kappa shape index (κ3) is 1.80. The second-order valence-electron chi connectivity index (χ2n) is 3.98. The fourth-order valence-corrected chi connectivity index (χ4v) is 2.14. The topological polar surface area (TPSA) is 46.9 Å². The molecule has 5 heteroatoms. The van der Waals surface area contributed by atoms with Crippen LogP contribution in [0.5, 0.6) is 0 Å². The van der Waals surface area contributed by atoms with Crippen LogP contribution < -0.4 is 5.32 Å². The van der Waals surface area contributed by atoms with Crippen LogP contribution in [-0.4, -0.2) is 15.5 Å². The Morgan fingerprint density at radius 2 is 2.12 bits per heavy atom. The van der Waals surface area contributed by atoms with Gasteiger partial charge in [-0.1, -0.05) is 23.7 Å². The van der Waals surface area contributed by atoms with Crippen LogP contribution in [0.15, 0.2) is 36.7 Å². The van der Waals surface area contributed by atoms with E-state index >= 15 is 0 Å². The molecule has 1 aromatic heterocycles. The number of aromatic nitrogens is 2. The Morgan fingerprint density at radius 3 is 2.88 bits per heavy atom. The molecule has 0 saturated carbocycles. The summed E-state index contributed by atoms with van der Waals surface area (Å²) in [5.41, 5.74) is 1.04. The molecule has 1 aromatic carbocycles. The van der Waals surface area contributed by atoms with Gasteiger partial charge in [-0.25, -0.2) is 4.98 Å². The zero-order chi connectivity index (χ0) is 11.8. The van der Waals surface area contributed by atoms with Gasteiger partial charge < -0.3 is 9.88 Å². The highest BCUT2D eigenvalue weighted by Crippen LogP contribution is 2.21. The zero-order valence-corrected chi connectivity index (χ0v) is 9.69. The van der Waals surface area contributed by atoms with Crippen LogP contribution in [0.3, 0.4) is 0 Å². The maximum absolute atomic E-state index is 11.8. The van der Waals surface area contributed by atoms with Gasteiger partial charge in [-0.2, -0.15) is 0 Å². The van der Waals surface area contributed by atoms with Crippen LogP contribution in [0.4, 0.5) is 0 Å². The second-order valence-corrected chi connectivity index (χ2v) is 4.42. The normalized spacial score (nSPS) is 18.6. The third-order valence-electron chi connectivity index (χ3n) is 2.88. The van der Waals surface area contributed by atoms with E-state index in [1.165, 1.54) is 0 Å². The number of nitrogens with one attached hydrogen (secondary N) is 1. The lowest BCUT2D eigenvalue weighted by Gasteiger charge is -2.25. The highest BCUT2D eigenvalue weighted by atomic mass is 35.5. The molecule has 0 bridgehead atoms. The average Bonchev–Trinajstić information content (AvgIpc) is 2.78. The lowest BCUT2D eigenvalue weighted by Crippen LogP contribution is -2.38. The monoisotopic (exact) mass is 247 g/mol. The number of amides is 1. The summed E-state index contributed by atoms with van der Waals surface area (Å²) in [6.07, 6.45) is 3.45. The number of fused-ring (bicyclic) bond motifs is 1. The first-order chi connectivity index (χ1) is 8.24. The Labute approximate surface area is 103 Å². The molecule has 0 radical (unpaired) electrons. The number of hydrogen-bond donors (Lipinski definition) is 1. The second kappa shape index (κ2) is 3.89. The zero-order valence-electron chi connectivity index (χ0n) is 8.93. The van der Waals surface area contributed by atoms with Crippen molar-refractivity contribution >= 4 is 17.5 Å². The number of hydrogen-bond acceptors (Lipinski definition) is 2. The summed E-state index contributed by atoms with van der Waals surface area (Å²) in [5.74, 6) is 0.330. The van der Waals surface area contributed by atoms with Crippen molar-refractivity contribution in [1.82, 2.24) is 14.9 Å². The maximum atomic E-state index is 11.8. The summed E-state index contributed by atoms with van der Waals surface area (Å²) in [7, 11) is 0. The van der Waals surface area contributed by atoms with Gasteiger partial charge in [-0.3, -0.25) is 4.79 Å². The van der Waals surface area contributed by atoms with Crippen LogP contribution >= 0.6 is 11.6 Å². The van der Waals surface area contributed by atoms with Crippen LogP contribution in [0.25, 0.3) is 0 Å². The first kappa shape index (κ1) is 10.4. The summed E-state index contributed by atoms with van der Waals surface area (Å²) < 4.78 is 1.86. The molecule has 0 aliphatic carbocycles. The maximum Gasteiger partial charge on any atom is 0.287 e. The van der Waals surface area contributed by atoms with E-state index in [1.54, 1.807) is 6.20 Å². The van der Waals surface area contributed by atoms with E-state index in [0.717, 1.165) is 5.56 Å². The van der Waals surface area contributed by atoms with E-state index < -0.39 is 0 Å². The summed E-state index contributed by atoms with van der Waals surface area (Å²) in [6.45, 7) is 0.697. The van der Waals surface area contributed by atoms with Gasteiger partial charge in [0.15, 0.2) is 5.82 Å². The molecule has 1 N–H and O–H groups in total. The third-order valence-corrected chi connectivity index (χ3v) is 3.13. The van der Waals surface area contributed by atoms with Crippen LogP contribution in [0.1, 0.15) is 22.2 Å². The molecule has 1 amide bonds. The molecule has 86 valence electrons. The highest BCUT2D eigenvalue weighted by Gasteiger charge is 2.25. The van der Waals surface area contributed by atoms with Gasteiger partial charge in [0.05, 0.1) is 6.04 Å². The van der Waals surface area contributed by atoms with Crippen molar-refractivity contribution in [2.45, 2.75) is 12.6 Å². The molecule has 1 unspecified atom stereocenters. The highest BCUT2D eigenvalue weighted by molar-refractivity contribution is 6.30. The van der Waals surface area contributed by atoms with Crippen LogP contribution in [0.2, 0.25) is 5.02 Å². The molecular formula is C12H10ClN3O.